The highest BCUT2D eigenvalue weighted by atomic mass is 15.0. The zero-order valence-electron chi connectivity index (χ0n) is 13.3. The Morgan fingerprint density at radius 3 is 2.21 bits per heavy atom. The van der Waals surface area contributed by atoms with Crippen LogP contribution in [-0.4, -0.2) is 12.6 Å². The molecule has 1 heteroatoms. The Labute approximate surface area is 118 Å². The number of rotatable bonds is 6. The summed E-state index contributed by atoms with van der Waals surface area (Å²) >= 11 is 0. The van der Waals surface area contributed by atoms with Gasteiger partial charge in [-0.25, -0.2) is 0 Å². The van der Waals surface area contributed by atoms with Gasteiger partial charge in [-0.05, 0) is 68.6 Å². The third-order valence-electron chi connectivity index (χ3n) is 4.69. The molecule has 1 aliphatic carbocycles. The lowest BCUT2D eigenvalue weighted by Crippen LogP contribution is -2.34. The van der Waals surface area contributed by atoms with Crippen LogP contribution >= 0.6 is 0 Å². The van der Waals surface area contributed by atoms with Crippen molar-refractivity contribution in [2.75, 3.05) is 6.54 Å². The average molecular weight is 259 g/mol. The minimum absolute atomic E-state index is 0.382. The molecular weight excluding hydrogens is 230 g/mol. The second kappa shape index (κ2) is 5.66. The predicted molar refractivity (Wildman–Crippen MR) is 83.8 cm³/mol. The van der Waals surface area contributed by atoms with E-state index in [1.807, 2.05) is 0 Å². The molecule has 1 aromatic carbocycles. The molecule has 1 saturated carbocycles. The van der Waals surface area contributed by atoms with Crippen molar-refractivity contribution in [1.82, 2.24) is 5.32 Å². The van der Waals surface area contributed by atoms with E-state index in [9.17, 15) is 0 Å². The molecule has 0 aromatic heterocycles. The third-order valence-corrected chi connectivity index (χ3v) is 4.69. The molecule has 1 unspecified atom stereocenters. The minimum Gasteiger partial charge on any atom is -0.313 e. The smallest absolute Gasteiger partial charge is 0.00684 e. The molecule has 0 bridgehead atoms. The number of nitrogens with one attached hydrogen (secondary N) is 1. The second-order valence-corrected chi connectivity index (χ2v) is 6.87. The summed E-state index contributed by atoms with van der Waals surface area (Å²) < 4.78 is 0. The van der Waals surface area contributed by atoms with Crippen LogP contribution in [0.1, 0.15) is 55.4 Å². The van der Waals surface area contributed by atoms with E-state index in [4.69, 9.17) is 0 Å². The van der Waals surface area contributed by atoms with Crippen molar-refractivity contribution in [3.8, 4) is 0 Å². The van der Waals surface area contributed by atoms with Crippen molar-refractivity contribution in [1.29, 1.82) is 0 Å². The van der Waals surface area contributed by atoms with E-state index < -0.39 is 0 Å². The highest BCUT2D eigenvalue weighted by Crippen LogP contribution is 2.31. The molecule has 1 N–H and O–H groups in total. The van der Waals surface area contributed by atoms with Crippen molar-refractivity contribution in [3.63, 3.8) is 0 Å². The van der Waals surface area contributed by atoms with E-state index in [0.717, 1.165) is 12.6 Å². The van der Waals surface area contributed by atoms with Crippen LogP contribution in [0.4, 0.5) is 0 Å². The first-order valence-corrected chi connectivity index (χ1v) is 7.73. The molecule has 0 heterocycles. The first-order chi connectivity index (χ1) is 8.93. The van der Waals surface area contributed by atoms with Gasteiger partial charge >= 0.3 is 0 Å². The van der Waals surface area contributed by atoms with Crippen molar-refractivity contribution in [3.05, 3.63) is 34.4 Å². The SMILES string of the molecule is CCC(C)(CNC1CC1)Cc1c(C)cc(C)cc1C. The predicted octanol–water partition coefficient (Wildman–Crippen LogP) is 4.32. The summed E-state index contributed by atoms with van der Waals surface area (Å²) in [5.74, 6) is 0. The maximum Gasteiger partial charge on any atom is 0.00684 e. The number of benzene rings is 1. The molecule has 19 heavy (non-hydrogen) atoms. The molecular formula is C18H29N. The molecule has 1 fully saturated rings. The summed E-state index contributed by atoms with van der Waals surface area (Å²) in [6, 6.07) is 5.46. The monoisotopic (exact) mass is 259 g/mol. The summed E-state index contributed by atoms with van der Waals surface area (Å²) in [5.41, 5.74) is 6.25. The van der Waals surface area contributed by atoms with E-state index in [2.05, 4.69) is 52.1 Å². The quantitative estimate of drug-likeness (QED) is 0.802. The normalized spacial score (nSPS) is 18.4. The molecule has 0 amide bonds. The zero-order valence-corrected chi connectivity index (χ0v) is 13.3. The molecule has 0 saturated heterocycles. The fourth-order valence-electron chi connectivity index (χ4n) is 2.91. The Balaban J connectivity index is 2.12. The summed E-state index contributed by atoms with van der Waals surface area (Å²) in [5, 5.41) is 3.72. The van der Waals surface area contributed by atoms with Gasteiger partial charge in [-0.2, -0.15) is 0 Å². The highest BCUT2D eigenvalue weighted by molar-refractivity contribution is 5.38. The average Bonchev–Trinajstić information content (AvgIpc) is 3.15. The van der Waals surface area contributed by atoms with Crippen molar-refractivity contribution >= 4 is 0 Å². The Bertz CT molecular complexity index is 422. The van der Waals surface area contributed by atoms with Crippen LogP contribution in [0.15, 0.2) is 12.1 Å². The van der Waals surface area contributed by atoms with Gasteiger partial charge in [0.25, 0.3) is 0 Å². The molecule has 1 aliphatic rings. The van der Waals surface area contributed by atoms with Gasteiger partial charge in [0, 0.05) is 12.6 Å². The lowest BCUT2D eigenvalue weighted by Gasteiger charge is -2.30. The molecule has 1 nitrogen and oxygen atoms in total. The molecule has 1 aromatic rings. The molecule has 0 radical (unpaired) electrons. The van der Waals surface area contributed by atoms with Gasteiger partial charge in [-0.1, -0.05) is 31.5 Å². The van der Waals surface area contributed by atoms with E-state index in [1.54, 1.807) is 5.56 Å². The lowest BCUT2D eigenvalue weighted by molar-refractivity contribution is 0.288. The van der Waals surface area contributed by atoms with Gasteiger partial charge in [-0.3, -0.25) is 0 Å². The highest BCUT2D eigenvalue weighted by Gasteiger charge is 2.28. The van der Waals surface area contributed by atoms with Gasteiger partial charge in [0.2, 0.25) is 0 Å². The van der Waals surface area contributed by atoms with Crippen LogP contribution in [0, 0.1) is 26.2 Å². The van der Waals surface area contributed by atoms with Gasteiger partial charge < -0.3 is 5.32 Å². The first kappa shape index (κ1) is 14.6. The Morgan fingerprint density at radius 2 is 1.74 bits per heavy atom. The van der Waals surface area contributed by atoms with Gasteiger partial charge in [0.05, 0.1) is 0 Å². The number of aryl methyl sites for hydroxylation is 3. The Morgan fingerprint density at radius 1 is 1.16 bits per heavy atom. The minimum atomic E-state index is 0.382. The van der Waals surface area contributed by atoms with Crippen LogP contribution in [0.25, 0.3) is 0 Å². The number of hydrogen-bond donors (Lipinski definition) is 1. The Kier molecular flexibility index (Phi) is 4.35. The van der Waals surface area contributed by atoms with Crippen molar-refractivity contribution in [2.45, 2.75) is 66.3 Å². The van der Waals surface area contributed by atoms with Crippen LogP contribution in [0.5, 0.6) is 0 Å². The lowest BCUT2D eigenvalue weighted by atomic mass is 9.78. The number of hydrogen-bond acceptors (Lipinski definition) is 1. The topological polar surface area (TPSA) is 12.0 Å². The fraction of sp³-hybridized carbons (Fsp3) is 0.667. The van der Waals surface area contributed by atoms with E-state index in [-0.39, 0.29) is 0 Å². The molecule has 106 valence electrons. The van der Waals surface area contributed by atoms with Crippen LogP contribution in [-0.2, 0) is 6.42 Å². The van der Waals surface area contributed by atoms with Crippen LogP contribution < -0.4 is 5.32 Å². The second-order valence-electron chi connectivity index (χ2n) is 6.87. The van der Waals surface area contributed by atoms with Crippen LogP contribution in [0.2, 0.25) is 0 Å². The molecule has 0 spiro atoms. The molecule has 2 rings (SSSR count). The summed E-state index contributed by atoms with van der Waals surface area (Å²) in [6.07, 6.45) is 5.19. The third kappa shape index (κ3) is 3.82. The maximum atomic E-state index is 3.72. The molecule has 0 aliphatic heterocycles. The van der Waals surface area contributed by atoms with E-state index in [1.165, 1.54) is 42.4 Å². The van der Waals surface area contributed by atoms with Gasteiger partial charge in [0.15, 0.2) is 0 Å². The van der Waals surface area contributed by atoms with Crippen LogP contribution in [0.3, 0.4) is 0 Å². The van der Waals surface area contributed by atoms with E-state index in [0.29, 0.717) is 5.41 Å². The summed E-state index contributed by atoms with van der Waals surface area (Å²) in [7, 11) is 0. The van der Waals surface area contributed by atoms with E-state index >= 15 is 0 Å². The van der Waals surface area contributed by atoms with Crippen molar-refractivity contribution in [2.24, 2.45) is 5.41 Å². The largest absolute Gasteiger partial charge is 0.313 e. The summed E-state index contributed by atoms with van der Waals surface area (Å²) in [4.78, 5) is 0. The summed E-state index contributed by atoms with van der Waals surface area (Å²) in [6.45, 7) is 12.6. The first-order valence-electron chi connectivity index (χ1n) is 7.73. The Hall–Kier alpha value is -0.820. The van der Waals surface area contributed by atoms with Gasteiger partial charge in [-0.15, -0.1) is 0 Å². The van der Waals surface area contributed by atoms with Gasteiger partial charge in [0.1, 0.15) is 0 Å². The fourth-order valence-corrected chi connectivity index (χ4v) is 2.91. The zero-order chi connectivity index (χ0) is 14.0. The standard InChI is InChI=1S/C18H29N/c1-6-18(5,12-19-16-7-8-16)11-17-14(3)9-13(2)10-15(17)4/h9-10,16,19H,6-8,11-12H2,1-5H3. The van der Waals surface area contributed by atoms with Crippen molar-refractivity contribution < 1.29 is 0 Å². The maximum absolute atomic E-state index is 3.72. The molecule has 1 atom stereocenters.